The van der Waals surface area contributed by atoms with Crippen LogP contribution in [0, 0.1) is 11.8 Å². The predicted octanol–water partition coefficient (Wildman–Crippen LogP) is 4.73. The molecule has 4 heteroatoms. The van der Waals surface area contributed by atoms with Crippen LogP contribution in [0.3, 0.4) is 0 Å². The molecule has 2 nitrogen and oxygen atoms in total. The number of phenols is 2. The molecule has 19 heavy (non-hydrogen) atoms. The lowest BCUT2D eigenvalue weighted by Crippen LogP contribution is -2.09. The maximum Gasteiger partial charge on any atom is 0.129 e. The summed E-state index contributed by atoms with van der Waals surface area (Å²) >= 11 is 6.86. The van der Waals surface area contributed by atoms with Gasteiger partial charge in [-0.15, -0.1) is 0 Å². The molecule has 1 aromatic rings. The minimum absolute atomic E-state index is 0.159. The van der Waals surface area contributed by atoms with E-state index in [1.807, 2.05) is 0 Å². The molecule has 0 heterocycles. The van der Waals surface area contributed by atoms with Gasteiger partial charge in [-0.3, -0.25) is 0 Å². The number of aromatic hydroxyl groups is 2. The maximum absolute atomic E-state index is 9.76. The summed E-state index contributed by atoms with van der Waals surface area (Å²) in [6.45, 7) is 2.16. The fraction of sp³-hybridized carbons (Fsp3) is 0.533. The molecule has 1 atom stereocenters. The minimum atomic E-state index is 0.159. The van der Waals surface area contributed by atoms with Crippen LogP contribution in [0.4, 0.5) is 0 Å². The van der Waals surface area contributed by atoms with E-state index in [9.17, 15) is 10.2 Å². The fourth-order valence-corrected chi connectivity index (χ4v) is 3.87. The Kier molecular flexibility index (Phi) is 5.11. The Labute approximate surface area is 124 Å². The third-order valence-electron chi connectivity index (χ3n) is 3.72. The highest BCUT2D eigenvalue weighted by molar-refractivity contribution is 8.23. The van der Waals surface area contributed by atoms with Gasteiger partial charge in [0.1, 0.15) is 11.5 Å². The first-order valence-corrected chi connectivity index (χ1v) is 8.02. The average Bonchev–Trinajstić information content (AvgIpc) is 2.86. The minimum Gasteiger partial charge on any atom is -0.508 e. The Morgan fingerprint density at radius 1 is 1.37 bits per heavy atom. The lowest BCUT2D eigenvalue weighted by Gasteiger charge is -2.17. The van der Waals surface area contributed by atoms with Gasteiger partial charge >= 0.3 is 0 Å². The largest absolute Gasteiger partial charge is 0.508 e. The van der Waals surface area contributed by atoms with Gasteiger partial charge in [0.15, 0.2) is 0 Å². The fourth-order valence-electron chi connectivity index (χ4n) is 2.64. The predicted molar refractivity (Wildman–Crippen MR) is 84.0 cm³/mol. The molecule has 1 aliphatic carbocycles. The molecule has 0 saturated heterocycles. The molecule has 1 aromatic carbocycles. The zero-order valence-corrected chi connectivity index (χ0v) is 12.8. The van der Waals surface area contributed by atoms with E-state index in [0.717, 1.165) is 16.5 Å². The van der Waals surface area contributed by atoms with Gasteiger partial charge in [-0.2, -0.15) is 0 Å². The van der Waals surface area contributed by atoms with Crippen molar-refractivity contribution < 1.29 is 10.2 Å². The summed E-state index contributed by atoms with van der Waals surface area (Å²) < 4.78 is 0.896. The van der Waals surface area contributed by atoms with Crippen LogP contribution < -0.4 is 0 Å². The zero-order valence-electron chi connectivity index (χ0n) is 11.1. The standard InChI is InChI=1S/C15H20O2S2/c1-10(8-11-4-2-3-5-11)15(18)19-14-9-12(16)6-7-13(14)17/h6-7,9-11,16-17H,2-5,8H2,1H3. The van der Waals surface area contributed by atoms with Gasteiger partial charge in [-0.05, 0) is 36.5 Å². The van der Waals surface area contributed by atoms with Gasteiger partial charge in [0.25, 0.3) is 0 Å². The molecule has 1 saturated carbocycles. The second kappa shape index (κ2) is 6.62. The highest BCUT2D eigenvalue weighted by Gasteiger charge is 2.21. The van der Waals surface area contributed by atoms with E-state index in [4.69, 9.17) is 12.2 Å². The maximum atomic E-state index is 9.76. The summed E-state index contributed by atoms with van der Waals surface area (Å²) in [4.78, 5) is 0.642. The van der Waals surface area contributed by atoms with Crippen LogP contribution >= 0.6 is 24.0 Å². The van der Waals surface area contributed by atoms with E-state index in [1.165, 1.54) is 49.6 Å². The Hall–Kier alpha value is -0.740. The third-order valence-corrected chi connectivity index (χ3v) is 5.52. The van der Waals surface area contributed by atoms with E-state index in [2.05, 4.69) is 6.92 Å². The van der Waals surface area contributed by atoms with Crippen LogP contribution in [0.15, 0.2) is 23.1 Å². The molecule has 2 N–H and O–H groups in total. The molecular weight excluding hydrogens is 276 g/mol. The van der Waals surface area contributed by atoms with Crippen molar-refractivity contribution in [2.75, 3.05) is 0 Å². The average molecular weight is 296 g/mol. The van der Waals surface area contributed by atoms with Crippen LogP contribution in [0.25, 0.3) is 0 Å². The SMILES string of the molecule is CC(CC1CCCC1)C(=S)Sc1cc(O)ccc1O. The van der Waals surface area contributed by atoms with Gasteiger partial charge in [0.2, 0.25) is 0 Å². The summed E-state index contributed by atoms with van der Waals surface area (Å²) in [5.74, 6) is 1.51. The number of thioether (sulfide) groups is 1. The number of thiocarbonyl (C=S) groups is 1. The lowest BCUT2D eigenvalue weighted by atomic mass is 9.96. The molecule has 0 radical (unpaired) electrons. The van der Waals surface area contributed by atoms with Crippen molar-refractivity contribution in [2.24, 2.45) is 11.8 Å². The van der Waals surface area contributed by atoms with Crippen LogP contribution in [0.2, 0.25) is 0 Å². The van der Waals surface area contributed by atoms with Crippen LogP contribution in [-0.4, -0.2) is 14.4 Å². The molecule has 0 spiro atoms. The summed E-state index contributed by atoms with van der Waals surface area (Å²) in [5.41, 5.74) is 0. The number of hydrogen-bond acceptors (Lipinski definition) is 4. The van der Waals surface area contributed by atoms with Gasteiger partial charge in [0.05, 0.1) is 9.09 Å². The van der Waals surface area contributed by atoms with Gasteiger partial charge in [-0.25, -0.2) is 0 Å². The van der Waals surface area contributed by atoms with Crippen LogP contribution in [0.1, 0.15) is 39.0 Å². The Bertz CT molecular complexity index is 453. The zero-order chi connectivity index (χ0) is 13.8. The van der Waals surface area contributed by atoms with Crippen molar-refractivity contribution in [2.45, 2.75) is 43.9 Å². The quantitative estimate of drug-likeness (QED) is 0.478. The second-order valence-electron chi connectivity index (χ2n) is 5.36. The first kappa shape index (κ1) is 14.7. The first-order chi connectivity index (χ1) is 9.06. The molecule has 2 rings (SSSR count). The van der Waals surface area contributed by atoms with E-state index >= 15 is 0 Å². The topological polar surface area (TPSA) is 40.5 Å². The van der Waals surface area contributed by atoms with Crippen molar-refractivity contribution >= 4 is 28.2 Å². The number of benzene rings is 1. The highest BCUT2D eigenvalue weighted by Crippen LogP contribution is 2.37. The van der Waals surface area contributed by atoms with Gasteiger partial charge in [-0.1, -0.05) is 56.6 Å². The van der Waals surface area contributed by atoms with Crippen molar-refractivity contribution in [3.63, 3.8) is 0 Å². The highest BCUT2D eigenvalue weighted by atomic mass is 32.2. The summed E-state index contributed by atoms with van der Waals surface area (Å²) in [6, 6.07) is 4.54. The van der Waals surface area contributed by atoms with E-state index in [1.54, 1.807) is 6.07 Å². The summed E-state index contributed by atoms with van der Waals surface area (Å²) in [5, 5.41) is 19.2. The first-order valence-electron chi connectivity index (χ1n) is 6.80. The normalized spacial score (nSPS) is 17.5. The molecule has 1 unspecified atom stereocenters. The Morgan fingerprint density at radius 3 is 2.74 bits per heavy atom. The molecular formula is C15H20O2S2. The molecule has 0 bridgehead atoms. The molecule has 1 fully saturated rings. The van der Waals surface area contributed by atoms with Gasteiger partial charge in [0, 0.05) is 0 Å². The van der Waals surface area contributed by atoms with Crippen LogP contribution in [0.5, 0.6) is 11.5 Å². The van der Waals surface area contributed by atoms with Crippen molar-refractivity contribution in [1.82, 2.24) is 0 Å². The molecule has 0 aromatic heterocycles. The van der Waals surface area contributed by atoms with Gasteiger partial charge < -0.3 is 10.2 Å². The second-order valence-corrected chi connectivity index (χ2v) is 7.14. The lowest BCUT2D eigenvalue weighted by molar-refractivity contribution is 0.448. The van der Waals surface area contributed by atoms with E-state index in [-0.39, 0.29) is 11.5 Å². The summed E-state index contributed by atoms with van der Waals surface area (Å²) in [6.07, 6.45) is 6.50. The molecule has 104 valence electrons. The van der Waals surface area contributed by atoms with Crippen LogP contribution in [-0.2, 0) is 0 Å². The number of hydrogen-bond donors (Lipinski definition) is 2. The van der Waals surface area contributed by atoms with Crippen molar-refractivity contribution in [1.29, 1.82) is 0 Å². The smallest absolute Gasteiger partial charge is 0.129 e. The molecule has 0 aliphatic heterocycles. The van der Waals surface area contributed by atoms with Crippen molar-refractivity contribution in [3.05, 3.63) is 18.2 Å². The van der Waals surface area contributed by atoms with E-state index in [0.29, 0.717) is 10.8 Å². The summed E-state index contributed by atoms with van der Waals surface area (Å²) in [7, 11) is 0. The number of rotatable bonds is 4. The van der Waals surface area contributed by atoms with E-state index < -0.39 is 0 Å². The monoisotopic (exact) mass is 296 g/mol. The Morgan fingerprint density at radius 2 is 2.05 bits per heavy atom. The third kappa shape index (κ3) is 4.11. The number of phenolic OH excluding ortho intramolecular Hbond substituents is 2. The van der Waals surface area contributed by atoms with Crippen molar-refractivity contribution in [3.8, 4) is 11.5 Å². The molecule has 0 amide bonds. The Balaban J connectivity index is 1.93. The molecule has 1 aliphatic rings.